The first-order chi connectivity index (χ1) is 16.2. The number of benzene rings is 3. The van der Waals surface area contributed by atoms with Crippen molar-refractivity contribution in [3.05, 3.63) is 101 Å². The number of thioether (sulfide) groups is 1. The fourth-order valence-corrected chi connectivity index (χ4v) is 5.04. The molecular formula is C24H14Cl5NO3S. The predicted molar refractivity (Wildman–Crippen MR) is 140 cm³/mol. The zero-order valence-corrected chi connectivity index (χ0v) is 21.8. The van der Waals surface area contributed by atoms with Gasteiger partial charge in [0, 0.05) is 5.02 Å². The van der Waals surface area contributed by atoms with Crippen LogP contribution in [0.2, 0.25) is 25.1 Å². The zero-order valence-electron chi connectivity index (χ0n) is 17.2. The van der Waals surface area contributed by atoms with Gasteiger partial charge in [-0.05, 0) is 70.9 Å². The standard InChI is InChI=1S/C24H14Cl5NO3S/c25-16-4-1-13(2-5-16)11-30-23(31)21(34-24(30)32)10-15-8-19(28)22(20(29)9-15)33-12-14-3-6-17(26)18(27)7-14/h1-10H,11-12H2/b21-10-. The third-order valence-corrected chi connectivity index (χ3v) is 7.27. The Balaban J connectivity index is 1.49. The summed E-state index contributed by atoms with van der Waals surface area (Å²) in [5.41, 5.74) is 2.15. The van der Waals surface area contributed by atoms with E-state index in [1.54, 1.807) is 60.7 Å². The monoisotopic (exact) mass is 571 g/mol. The third kappa shape index (κ3) is 5.85. The number of carbonyl (C=O) groups excluding carboxylic acids is 2. The van der Waals surface area contributed by atoms with Gasteiger partial charge in [-0.3, -0.25) is 14.5 Å². The SMILES string of the molecule is O=C1S/C(=C\c2cc(Cl)c(OCc3ccc(Cl)c(Cl)c3)c(Cl)c2)C(=O)N1Cc1ccc(Cl)cc1. The fourth-order valence-electron chi connectivity index (χ4n) is 3.15. The van der Waals surface area contributed by atoms with Crippen molar-refractivity contribution in [3.8, 4) is 5.75 Å². The van der Waals surface area contributed by atoms with E-state index >= 15 is 0 Å². The van der Waals surface area contributed by atoms with Gasteiger partial charge in [-0.2, -0.15) is 0 Å². The highest BCUT2D eigenvalue weighted by Gasteiger charge is 2.35. The summed E-state index contributed by atoms with van der Waals surface area (Å²) in [6, 6.07) is 15.3. The summed E-state index contributed by atoms with van der Waals surface area (Å²) in [6.07, 6.45) is 1.58. The Morgan fingerprint density at radius 1 is 0.794 bits per heavy atom. The van der Waals surface area contributed by atoms with Gasteiger partial charge in [0.05, 0.1) is 31.5 Å². The van der Waals surface area contributed by atoms with Gasteiger partial charge in [-0.25, -0.2) is 0 Å². The quantitative estimate of drug-likeness (QED) is 0.277. The summed E-state index contributed by atoms with van der Waals surface area (Å²) in [5, 5.41) is 1.61. The summed E-state index contributed by atoms with van der Waals surface area (Å²) >= 11 is 31.5. The minimum atomic E-state index is -0.392. The Bertz CT molecular complexity index is 1290. The van der Waals surface area contributed by atoms with Crippen molar-refractivity contribution in [2.24, 2.45) is 0 Å². The Morgan fingerprint density at radius 2 is 1.44 bits per heavy atom. The summed E-state index contributed by atoms with van der Waals surface area (Å²) in [6.45, 7) is 0.335. The summed E-state index contributed by atoms with van der Waals surface area (Å²) in [7, 11) is 0. The molecule has 0 saturated carbocycles. The Morgan fingerprint density at radius 3 is 2.09 bits per heavy atom. The highest BCUT2D eigenvalue weighted by Crippen LogP contribution is 2.38. The number of amides is 2. The van der Waals surface area contributed by atoms with E-state index in [1.807, 2.05) is 0 Å². The number of imide groups is 1. The van der Waals surface area contributed by atoms with E-state index in [4.69, 9.17) is 62.7 Å². The Hall–Kier alpha value is -1.86. The molecule has 10 heteroatoms. The van der Waals surface area contributed by atoms with E-state index in [2.05, 4.69) is 0 Å². The van der Waals surface area contributed by atoms with Gasteiger partial charge in [0.1, 0.15) is 6.61 Å². The maximum absolute atomic E-state index is 12.8. The molecule has 1 aliphatic heterocycles. The smallest absolute Gasteiger partial charge is 0.293 e. The largest absolute Gasteiger partial charge is 0.486 e. The zero-order chi connectivity index (χ0) is 24.4. The molecule has 0 spiro atoms. The van der Waals surface area contributed by atoms with Crippen LogP contribution in [0.25, 0.3) is 6.08 Å². The molecule has 174 valence electrons. The normalized spacial score (nSPS) is 14.9. The number of hydrogen-bond acceptors (Lipinski definition) is 4. The molecule has 0 unspecified atom stereocenters. The lowest BCUT2D eigenvalue weighted by atomic mass is 10.2. The van der Waals surface area contributed by atoms with Gasteiger partial charge in [-0.15, -0.1) is 0 Å². The molecule has 0 bridgehead atoms. The Kier molecular flexibility index (Phi) is 8.03. The maximum Gasteiger partial charge on any atom is 0.293 e. The first kappa shape index (κ1) is 25.2. The average Bonchev–Trinajstić information content (AvgIpc) is 3.04. The second kappa shape index (κ2) is 10.8. The molecular weight excluding hydrogens is 560 g/mol. The second-order valence-electron chi connectivity index (χ2n) is 7.25. The topological polar surface area (TPSA) is 46.6 Å². The molecule has 0 radical (unpaired) electrons. The van der Waals surface area contributed by atoms with Crippen LogP contribution in [0.1, 0.15) is 16.7 Å². The molecule has 1 aliphatic rings. The van der Waals surface area contributed by atoms with Crippen LogP contribution in [-0.2, 0) is 17.9 Å². The molecule has 2 amide bonds. The van der Waals surface area contributed by atoms with Crippen LogP contribution in [0.15, 0.2) is 59.5 Å². The Labute approximate surface area is 225 Å². The van der Waals surface area contributed by atoms with Crippen molar-refractivity contribution < 1.29 is 14.3 Å². The van der Waals surface area contributed by atoms with Gasteiger partial charge in [-0.1, -0.05) is 76.2 Å². The molecule has 0 N–H and O–H groups in total. The maximum atomic E-state index is 12.8. The highest BCUT2D eigenvalue weighted by atomic mass is 35.5. The van der Waals surface area contributed by atoms with Crippen LogP contribution in [0.3, 0.4) is 0 Å². The molecule has 1 saturated heterocycles. The van der Waals surface area contributed by atoms with Gasteiger partial charge in [0.25, 0.3) is 11.1 Å². The van der Waals surface area contributed by atoms with Crippen molar-refractivity contribution in [3.63, 3.8) is 0 Å². The molecule has 4 nitrogen and oxygen atoms in total. The lowest BCUT2D eigenvalue weighted by molar-refractivity contribution is -0.123. The molecule has 0 aliphatic carbocycles. The minimum absolute atomic E-state index is 0.155. The number of rotatable bonds is 6. The number of hydrogen-bond donors (Lipinski definition) is 0. The average molecular weight is 574 g/mol. The highest BCUT2D eigenvalue weighted by molar-refractivity contribution is 8.18. The minimum Gasteiger partial charge on any atom is -0.486 e. The van der Waals surface area contributed by atoms with Gasteiger partial charge < -0.3 is 4.74 Å². The molecule has 3 aromatic rings. The molecule has 0 aromatic heterocycles. The number of carbonyl (C=O) groups is 2. The molecule has 1 heterocycles. The van der Waals surface area contributed by atoms with Crippen molar-refractivity contribution in [2.75, 3.05) is 0 Å². The summed E-state index contributed by atoms with van der Waals surface area (Å²) < 4.78 is 5.77. The van der Waals surface area contributed by atoms with Crippen LogP contribution >= 0.6 is 69.8 Å². The van der Waals surface area contributed by atoms with E-state index in [1.165, 1.54) is 4.90 Å². The van der Waals surface area contributed by atoms with E-state index in [-0.39, 0.29) is 33.3 Å². The van der Waals surface area contributed by atoms with E-state index in [9.17, 15) is 9.59 Å². The molecule has 0 atom stereocenters. The van der Waals surface area contributed by atoms with Gasteiger partial charge in [0.2, 0.25) is 0 Å². The lowest BCUT2D eigenvalue weighted by Gasteiger charge is -2.12. The molecule has 4 rings (SSSR count). The number of ether oxygens (including phenoxy) is 1. The van der Waals surface area contributed by atoms with E-state index in [0.717, 1.165) is 22.9 Å². The lowest BCUT2D eigenvalue weighted by Crippen LogP contribution is -2.27. The fraction of sp³-hybridized carbons (Fsp3) is 0.0833. The number of halogens is 5. The van der Waals surface area contributed by atoms with Crippen LogP contribution in [0.4, 0.5) is 4.79 Å². The van der Waals surface area contributed by atoms with Crippen molar-refractivity contribution in [1.82, 2.24) is 4.90 Å². The van der Waals surface area contributed by atoms with Crippen molar-refractivity contribution in [1.29, 1.82) is 0 Å². The molecule has 3 aromatic carbocycles. The van der Waals surface area contributed by atoms with E-state index < -0.39 is 5.91 Å². The summed E-state index contributed by atoms with van der Waals surface area (Å²) in [4.78, 5) is 26.7. The van der Waals surface area contributed by atoms with Crippen LogP contribution < -0.4 is 4.74 Å². The second-order valence-corrected chi connectivity index (χ2v) is 10.3. The van der Waals surface area contributed by atoms with Crippen LogP contribution in [0.5, 0.6) is 5.75 Å². The van der Waals surface area contributed by atoms with Gasteiger partial charge >= 0.3 is 0 Å². The van der Waals surface area contributed by atoms with E-state index in [0.29, 0.717) is 26.4 Å². The van der Waals surface area contributed by atoms with Crippen molar-refractivity contribution in [2.45, 2.75) is 13.2 Å². The van der Waals surface area contributed by atoms with Gasteiger partial charge in [0.15, 0.2) is 5.75 Å². The molecule has 1 fully saturated rings. The first-order valence-corrected chi connectivity index (χ1v) is 12.5. The van der Waals surface area contributed by atoms with Crippen LogP contribution in [-0.4, -0.2) is 16.0 Å². The first-order valence-electron chi connectivity index (χ1n) is 9.77. The number of nitrogens with zero attached hydrogens (tertiary/aromatic N) is 1. The molecule has 34 heavy (non-hydrogen) atoms. The third-order valence-electron chi connectivity index (χ3n) is 4.81. The van der Waals surface area contributed by atoms with Crippen LogP contribution in [0, 0.1) is 0 Å². The summed E-state index contributed by atoms with van der Waals surface area (Å²) in [5.74, 6) is -0.0977. The van der Waals surface area contributed by atoms with Crippen molar-refractivity contribution >= 4 is 87.0 Å². The predicted octanol–water partition coefficient (Wildman–Crippen LogP) is 8.77.